The highest BCUT2D eigenvalue weighted by Crippen LogP contribution is 2.42. The van der Waals surface area contributed by atoms with Gasteiger partial charge in [-0.05, 0) is 35.2 Å². The fourth-order valence-electron chi connectivity index (χ4n) is 3.80. The fraction of sp³-hybridized carbons (Fsp3) is 0.130. The van der Waals surface area contributed by atoms with Crippen LogP contribution >= 0.6 is 0 Å². The van der Waals surface area contributed by atoms with Crippen molar-refractivity contribution >= 4 is 5.78 Å². The van der Waals surface area contributed by atoms with E-state index in [0.29, 0.717) is 5.56 Å². The molecule has 2 nitrogen and oxygen atoms in total. The topological polar surface area (TPSA) is 40.9 Å². The van der Waals surface area contributed by atoms with Gasteiger partial charge in [0.1, 0.15) is 0 Å². The van der Waals surface area contributed by atoms with Crippen LogP contribution in [0.3, 0.4) is 0 Å². The number of nitrogens with zero attached hydrogens (tertiary/aromatic N) is 1. The van der Waals surface area contributed by atoms with Crippen molar-refractivity contribution in [2.45, 2.75) is 18.3 Å². The van der Waals surface area contributed by atoms with Crippen molar-refractivity contribution in [1.82, 2.24) is 0 Å². The van der Waals surface area contributed by atoms with Crippen molar-refractivity contribution in [3.8, 4) is 6.07 Å². The molecule has 1 aliphatic carbocycles. The van der Waals surface area contributed by atoms with Gasteiger partial charge in [0.25, 0.3) is 0 Å². The Morgan fingerprint density at radius 3 is 2.20 bits per heavy atom. The van der Waals surface area contributed by atoms with Crippen LogP contribution in [0.2, 0.25) is 0 Å². The molecule has 0 heterocycles. The van der Waals surface area contributed by atoms with E-state index in [2.05, 4.69) is 6.07 Å². The number of hydrogen-bond acceptors (Lipinski definition) is 2. The number of ketones is 1. The van der Waals surface area contributed by atoms with E-state index in [-0.39, 0.29) is 17.6 Å². The predicted octanol–water partition coefficient (Wildman–Crippen LogP) is 4.86. The molecule has 0 fully saturated rings. The molecule has 2 heteroatoms. The third-order valence-corrected chi connectivity index (χ3v) is 5.03. The first kappa shape index (κ1) is 15.4. The maximum atomic E-state index is 13.3. The van der Waals surface area contributed by atoms with Crippen LogP contribution in [0.5, 0.6) is 0 Å². The van der Waals surface area contributed by atoms with Crippen molar-refractivity contribution in [2.75, 3.05) is 0 Å². The van der Waals surface area contributed by atoms with Gasteiger partial charge in [-0.1, -0.05) is 66.7 Å². The summed E-state index contributed by atoms with van der Waals surface area (Å²) in [4.78, 5) is 13.3. The van der Waals surface area contributed by atoms with E-state index in [9.17, 15) is 4.79 Å². The minimum Gasteiger partial charge on any atom is -0.293 e. The Kier molecular flexibility index (Phi) is 3.91. The lowest BCUT2D eigenvalue weighted by Gasteiger charge is -2.32. The molecule has 120 valence electrons. The Morgan fingerprint density at radius 1 is 0.800 bits per heavy atom. The molecule has 0 aliphatic heterocycles. The first-order valence-electron chi connectivity index (χ1n) is 8.45. The summed E-state index contributed by atoms with van der Waals surface area (Å²) in [6.45, 7) is 0. The molecule has 1 aliphatic rings. The van der Waals surface area contributed by atoms with Crippen LogP contribution in [0.1, 0.15) is 44.4 Å². The lowest BCUT2D eigenvalue weighted by Crippen LogP contribution is -2.28. The van der Waals surface area contributed by atoms with E-state index < -0.39 is 0 Å². The van der Waals surface area contributed by atoms with Gasteiger partial charge >= 0.3 is 0 Å². The lowest BCUT2D eigenvalue weighted by molar-refractivity contribution is 0.0935. The summed E-state index contributed by atoms with van der Waals surface area (Å²) in [5.41, 5.74) is 4.74. The molecule has 2 unspecified atom stereocenters. The SMILES string of the molecule is N#Cc1ccc(C2Cc3ccccc3C(=O)C2c2ccccc2)cc1. The van der Waals surface area contributed by atoms with E-state index in [1.165, 1.54) is 0 Å². The van der Waals surface area contributed by atoms with Crippen molar-refractivity contribution in [3.05, 3.63) is 107 Å². The molecular formula is C23H17NO. The highest BCUT2D eigenvalue weighted by atomic mass is 16.1. The van der Waals surface area contributed by atoms with Crippen LogP contribution in [0, 0.1) is 11.3 Å². The molecule has 0 N–H and O–H groups in total. The zero-order chi connectivity index (χ0) is 17.2. The first-order chi connectivity index (χ1) is 12.3. The molecule has 0 spiro atoms. The number of carbonyl (C=O) groups is 1. The fourth-order valence-corrected chi connectivity index (χ4v) is 3.80. The largest absolute Gasteiger partial charge is 0.293 e. The number of Topliss-reactive ketones (excluding diaryl/α,β-unsaturated/α-hetero) is 1. The molecule has 0 saturated heterocycles. The van der Waals surface area contributed by atoms with Gasteiger partial charge < -0.3 is 0 Å². The Balaban J connectivity index is 1.84. The highest BCUT2D eigenvalue weighted by molar-refractivity contribution is 6.04. The zero-order valence-corrected chi connectivity index (χ0v) is 13.7. The average molecular weight is 323 g/mol. The quantitative estimate of drug-likeness (QED) is 0.675. The van der Waals surface area contributed by atoms with Gasteiger partial charge in [-0.3, -0.25) is 4.79 Å². The normalized spacial score (nSPS) is 19.1. The van der Waals surface area contributed by atoms with Crippen molar-refractivity contribution in [1.29, 1.82) is 5.26 Å². The Labute approximate surface area is 147 Å². The lowest BCUT2D eigenvalue weighted by atomic mass is 9.69. The van der Waals surface area contributed by atoms with E-state index in [1.807, 2.05) is 78.9 Å². The molecule has 3 aromatic carbocycles. The maximum absolute atomic E-state index is 13.3. The van der Waals surface area contributed by atoms with Crippen molar-refractivity contribution in [2.24, 2.45) is 0 Å². The number of nitriles is 1. The maximum Gasteiger partial charge on any atom is 0.171 e. The number of rotatable bonds is 2. The summed E-state index contributed by atoms with van der Waals surface area (Å²) < 4.78 is 0. The molecule has 3 aromatic rings. The third kappa shape index (κ3) is 2.75. The van der Waals surface area contributed by atoms with Gasteiger partial charge in [0.15, 0.2) is 5.78 Å². The Morgan fingerprint density at radius 2 is 1.48 bits per heavy atom. The summed E-state index contributed by atoms with van der Waals surface area (Å²) >= 11 is 0. The second-order valence-electron chi connectivity index (χ2n) is 6.45. The van der Waals surface area contributed by atoms with E-state index in [0.717, 1.165) is 28.7 Å². The number of fused-ring (bicyclic) bond motifs is 1. The zero-order valence-electron chi connectivity index (χ0n) is 13.7. The summed E-state index contributed by atoms with van der Waals surface area (Å²) in [5, 5.41) is 9.04. The average Bonchev–Trinajstić information content (AvgIpc) is 2.69. The first-order valence-corrected chi connectivity index (χ1v) is 8.45. The van der Waals surface area contributed by atoms with Gasteiger partial charge in [0, 0.05) is 11.5 Å². The standard InChI is InChI=1S/C23H17NO/c24-15-16-10-12-17(13-11-16)21-14-19-8-4-5-9-20(19)23(25)22(21)18-6-2-1-3-7-18/h1-13,21-22H,14H2. The van der Waals surface area contributed by atoms with Gasteiger partial charge in [-0.2, -0.15) is 5.26 Å². The molecule has 2 atom stereocenters. The van der Waals surface area contributed by atoms with Gasteiger partial charge in [0.2, 0.25) is 0 Å². The summed E-state index contributed by atoms with van der Waals surface area (Å²) in [7, 11) is 0. The minimum atomic E-state index is -0.191. The molecule has 0 radical (unpaired) electrons. The predicted molar refractivity (Wildman–Crippen MR) is 97.6 cm³/mol. The molecule has 4 rings (SSSR count). The van der Waals surface area contributed by atoms with E-state index in [4.69, 9.17) is 5.26 Å². The number of benzene rings is 3. The van der Waals surface area contributed by atoms with E-state index >= 15 is 0 Å². The van der Waals surface area contributed by atoms with Crippen LogP contribution in [0.15, 0.2) is 78.9 Å². The summed E-state index contributed by atoms with van der Waals surface area (Å²) in [6.07, 6.45) is 0.827. The number of hydrogen-bond donors (Lipinski definition) is 0. The van der Waals surface area contributed by atoms with E-state index in [1.54, 1.807) is 0 Å². The number of carbonyl (C=O) groups excluding carboxylic acids is 1. The molecule has 0 bridgehead atoms. The van der Waals surface area contributed by atoms with Crippen molar-refractivity contribution in [3.63, 3.8) is 0 Å². The second-order valence-corrected chi connectivity index (χ2v) is 6.45. The highest BCUT2D eigenvalue weighted by Gasteiger charge is 2.37. The van der Waals surface area contributed by atoms with Crippen molar-refractivity contribution < 1.29 is 4.79 Å². The molecule has 0 amide bonds. The monoisotopic (exact) mass is 323 g/mol. The van der Waals surface area contributed by atoms with Crippen LogP contribution in [0.4, 0.5) is 0 Å². The van der Waals surface area contributed by atoms with Crippen LogP contribution < -0.4 is 0 Å². The Hall–Kier alpha value is -3.18. The van der Waals surface area contributed by atoms with Gasteiger partial charge in [-0.25, -0.2) is 0 Å². The van der Waals surface area contributed by atoms with Crippen LogP contribution in [-0.2, 0) is 6.42 Å². The van der Waals surface area contributed by atoms with Crippen LogP contribution in [-0.4, -0.2) is 5.78 Å². The molecule has 25 heavy (non-hydrogen) atoms. The molecular weight excluding hydrogens is 306 g/mol. The Bertz CT molecular complexity index is 951. The van der Waals surface area contributed by atoms with Gasteiger partial charge in [-0.15, -0.1) is 0 Å². The second kappa shape index (κ2) is 6.37. The summed E-state index contributed by atoms with van der Waals surface area (Å²) in [5.74, 6) is 0.0731. The summed E-state index contributed by atoms with van der Waals surface area (Å²) in [6, 6.07) is 27.7. The third-order valence-electron chi connectivity index (χ3n) is 5.03. The molecule has 0 saturated carbocycles. The molecule has 0 aromatic heterocycles. The smallest absolute Gasteiger partial charge is 0.171 e. The van der Waals surface area contributed by atoms with Crippen LogP contribution in [0.25, 0.3) is 0 Å². The minimum absolute atomic E-state index is 0.0811. The van der Waals surface area contributed by atoms with Gasteiger partial charge in [0.05, 0.1) is 17.6 Å².